The maximum atomic E-state index is 12.6. The second-order valence-electron chi connectivity index (χ2n) is 3.39. The Kier molecular flexibility index (Phi) is 4.20. The van der Waals surface area contributed by atoms with E-state index in [1.54, 1.807) is 6.07 Å². The van der Waals surface area contributed by atoms with Gasteiger partial charge >= 0.3 is 6.18 Å². The summed E-state index contributed by atoms with van der Waals surface area (Å²) >= 11 is 1.20. The van der Waals surface area contributed by atoms with Crippen LogP contribution in [0.2, 0.25) is 0 Å². The third-order valence-electron chi connectivity index (χ3n) is 2.50. The Morgan fingerprint density at radius 1 is 1.40 bits per heavy atom. The van der Waals surface area contributed by atoms with E-state index in [1.807, 2.05) is 0 Å². The van der Waals surface area contributed by atoms with Crippen molar-refractivity contribution < 1.29 is 21.0 Å². The molecule has 0 saturated carbocycles. The van der Waals surface area contributed by atoms with Gasteiger partial charge in [0.2, 0.25) is 0 Å². The predicted molar refractivity (Wildman–Crippen MR) is 53.0 cm³/mol. The fourth-order valence-electron chi connectivity index (χ4n) is 1.62. The van der Waals surface area contributed by atoms with Crippen molar-refractivity contribution in [3.05, 3.63) is 0 Å². The summed E-state index contributed by atoms with van der Waals surface area (Å²) in [6.45, 7) is 0.334. The van der Waals surface area contributed by atoms with Crippen LogP contribution >= 0.6 is 23.0 Å². The van der Waals surface area contributed by atoms with Crippen molar-refractivity contribution in [2.24, 2.45) is 5.41 Å². The van der Waals surface area contributed by atoms with Crippen LogP contribution in [0, 0.1) is 16.7 Å². The van der Waals surface area contributed by atoms with E-state index in [-0.39, 0.29) is 26.1 Å². The van der Waals surface area contributed by atoms with Gasteiger partial charge in [-0.2, -0.15) is 18.4 Å². The monoisotopic (exact) mass is 335 g/mol. The zero-order valence-corrected chi connectivity index (χ0v) is 9.84. The van der Waals surface area contributed by atoms with Gasteiger partial charge in [0.1, 0.15) is 23.0 Å². The van der Waals surface area contributed by atoms with E-state index in [2.05, 4.69) is 3.07 Å². The molecule has 1 atom stereocenters. The first kappa shape index (κ1) is 13.0. The average molecular weight is 335 g/mol. The van der Waals surface area contributed by atoms with E-state index in [1.165, 1.54) is 23.0 Å². The van der Waals surface area contributed by atoms with Gasteiger partial charge in [-0.15, -0.1) is 0 Å². The highest BCUT2D eigenvalue weighted by atomic mass is 127. The third-order valence-corrected chi connectivity index (χ3v) is 3.00. The smallest absolute Gasteiger partial charge is 0.381 e. The molecule has 0 aromatic rings. The first-order valence-corrected chi connectivity index (χ1v) is 5.17. The molecule has 1 unspecified atom stereocenters. The lowest BCUT2D eigenvalue weighted by Gasteiger charge is -2.36. The number of halogens is 4. The lowest BCUT2D eigenvalue weighted by molar-refractivity contribution is -0.220. The molecule has 0 radical (unpaired) electrons. The second-order valence-corrected chi connectivity index (χ2v) is 3.90. The highest BCUT2D eigenvalue weighted by Gasteiger charge is 2.55. The molecule has 0 aliphatic carbocycles. The number of hydrogen-bond donors (Lipinski definition) is 0. The molecule has 1 rings (SSSR count). The number of nitriles is 1. The molecular weight excluding hydrogens is 326 g/mol. The minimum absolute atomic E-state index is 0.0523. The van der Waals surface area contributed by atoms with Gasteiger partial charge in [-0.1, -0.05) is 0 Å². The summed E-state index contributed by atoms with van der Waals surface area (Å²) in [5.41, 5.74) is -1.50. The molecule has 15 heavy (non-hydrogen) atoms. The number of nitrogens with zero attached hydrogens (tertiary/aromatic N) is 1. The van der Waals surface area contributed by atoms with Gasteiger partial charge < -0.3 is 7.80 Å². The van der Waals surface area contributed by atoms with Crippen LogP contribution in [0.15, 0.2) is 0 Å². The van der Waals surface area contributed by atoms with Gasteiger partial charge in [0.25, 0.3) is 0 Å². The Hall–Kier alpha value is -0.0700. The summed E-state index contributed by atoms with van der Waals surface area (Å²) in [4.78, 5) is 0. The molecule has 0 amide bonds. The van der Waals surface area contributed by atoms with Crippen LogP contribution in [0.25, 0.3) is 0 Å². The molecule has 86 valence electrons. The largest absolute Gasteiger partial charge is 0.417 e. The molecule has 0 aromatic heterocycles. The van der Waals surface area contributed by atoms with Crippen LogP contribution < -0.4 is 0 Å². The van der Waals surface area contributed by atoms with E-state index < -0.39 is 17.7 Å². The van der Waals surface area contributed by atoms with E-state index in [9.17, 15) is 13.2 Å². The zero-order chi connectivity index (χ0) is 11.5. The summed E-state index contributed by atoms with van der Waals surface area (Å²) in [5, 5.41) is 8.92. The zero-order valence-electron chi connectivity index (χ0n) is 7.68. The first-order valence-electron chi connectivity index (χ1n) is 4.29. The molecule has 1 saturated heterocycles. The van der Waals surface area contributed by atoms with Crippen molar-refractivity contribution >= 4 is 23.0 Å². The molecule has 7 heteroatoms. The van der Waals surface area contributed by atoms with Gasteiger partial charge in [-0.3, -0.25) is 0 Å². The molecule has 1 fully saturated rings. The van der Waals surface area contributed by atoms with Gasteiger partial charge in [-0.25, -0.2) is 0 Å². The topological polar surface area (TPSA) is 42.2 Å². The Balaban J connectivity index is 2.92. The third kappa shape index (κ3) is 2.73. The van der Waals surface area contributed by atoms with Crippen molar-refractivity contribution in [3.63, 3.8) is 0 Å². The van der Waals surface area contributed by atoms with Gasteiger partial charge in [0, 0.05) is 13.2 Å². The lowest BCUT2D eigenvalue weighted by Crippen LogP contribution is -2.47. The van der Waals surface area contributed by atoms with Gasteiger partial charge in [0.05, 0.1) is 11.5 Å². The number of hydrogen-bond acceptors (Lipinski definition) is 3. The normalized spacial score (nSPS) is 23.1. The van der Waals surface area contributed by atoms with Crippen molar-refractivity contribution in [1.82, 2.24) is 0 Å². The van der Waals surface area contributed by atoms with Crippen molar-refractivity contribution in [2.75, 3.05) is 13.2 Å². The second kappa shape index (κ2) is 4.84. The summed E-state index contributed by atoms with van der Waals surface area (Å²) in [6, 6.07) is 1.75. The lowest BCUT2D eigenvalue weighted by atomic mass is 9.76. The molecule has 0 bridgehead atoms. The molecule has 1 aliphatic heterocycles. The van der Waals surface area contributed by atoms with Crippen molar-refractivity contribution in [3.8, 4) is 6.07 Å². The van der Waals surface area contributed by atoms with E-state index in [0.717, 1.165) is 0 Å². The van der Waals surface area contributed by atoms with E-state index in [4.69, 9.17) is 10.00 Å². The van der Waals surface area contributed by atoms with Crippen molar-refractivity contribution in [2.45, 2.75) is 25.1 Å². The molecule has 1 heterocycles. The molecule has 3 nitrogen and oxygen atoms in total. The highest BCUT2D eigenvalue weighted by Crippen LogP contribution is 2.43. The van der Waals surface area contributed by atoms with E-state index >= 15 is 0 Å². The molecule has 0 aromatic carbocycles. The Morgan fingerprint density at radius 3 is 2.27 bits per heavy atom. The SMILES string of the molecule is N#CC1(C(OI)C(F)(F)F)CCOCC1. The van der Waals surface area contributed by atoms with Gasteiger partial charge in [-0.05, 0) is 12.8 Å². The summed E-state index contributed by atoms with van der Waals surface area (Å²) in [5.74, 6) is 0. The molecule has 0 N–H and O–H groups in total. The maximum Gasteiger partial charge on any atom is 0.417 e. The quantitative estimate of drug-likeness (QED) is 0.729. The van der Waals surface area contributed by atoms with Crippen LogP contribution in [0.4, 0.5) is 13.2 Å². The molecule has 0 spiro atoms. The van der Waals surface area contributed by atoms with Gasteiger partial charge in [0.15, 0.2) is 6.10 Å². The predicted octanol–water partition coefficient (Wildman–Crippen LogP) is 2.60. The minimum Gasteiger partial charge on any atom is -0.381 e. The van der Waals surface area contributed by atoms with Crippen LogP contribution in [-0.4, -0.2) is 25.5 Å². The van der Waals surface area contributed by atoms with Crippen LogP contribution in [0.5, 0.6) is 0 Å². The van der Waals surface area contributed by atoms with Crippen LogP contribution in [0.3, 0.4) is 0 Å². The number of alkyl halides is 3. The van der Waals surface area contributed by atoms with Crippen molar-refractivity contribution in [1.29, 1.82) is 5.26 Å². The Labute approximate surface area is 99.2 Å². The summed E-state index contributed by atoms with van der Waals surface area (Å²) < 4.78 is 47.2. The maximum absolute atomic E-state index is 12.6. The fraction of sp³-hybridized carbons (Fsp3) is 0.875. The summed E-state index contributed by atoms with van der Waals surface area (Å²) in [7, 11) is 0. The standard InChI is InChI=1S/C8H9F3INO2/c9-8(10,11)6(15-12)7(5-13)1-3-14-4-2-7/h6H,1-4H2. The van der Waals surface area contributed by atoms with E-state index in [0.29, 0.717) is 0 Å². The average Bonchev–Trinajstić information content (AvgIpc) is 2.18. The number of rotatable bonds is 2. The Bertz CT molecular complexity index is 258. The minimum atomic E-state index is -4.52. The first-order chi connectivity index (χ1) is 6.96. The highest BCUT2D eigenvalue weighted by molar-refractivity contribution is 14.1. The number of ether oxygens (including phenoxy) is 1. The Morgan fingerprint density at radius 2 is 1.93 bits per heavy atom. The fourth-order valence-corrected chi connectivity index (χ4v) is 2.39. The summed E-state index contributed by atoms with van der Waals surface area (Å²) in [6.07, 6.45) is -6.46. The van der Waals surface area contributed by atoms with Crippen LogP contribution in [-0.2, 0) is 7.80 Å². The molecular formula is C8H9F3INO2. The molecule has 1 aliphatic rings. The van der Waals surface area contributed by atoms with Crippen LogP contribution in [0.1, 0.15) is 12.8 Å².